The van der Waals surface area contributed by atoms with Crippen LogP contribution in [0.1, 0.15) is 5.56 Å². The van der Waals surface area contributed by atoms with Gasteiger partial charge < -0.3 is 4.74 Å². The predicted molar refractivity (Wildman–Crippen MR) is 64.3 cm³/mol. The van der Waals surface area contributed by atoms with Gasteiger partial charge in [-0.2, -0.15) is 0 Å². The highest BCUT2D eigenvalue weighted by Gasteiger charge is 2.28. The average Bonchev–Trinajstić information content (AvgIpc) is 2.25. The Labute approximate surface area is 113 Å². The fourth-order valence-electron chi connectivity index (χ4n) is 1.06. The monoisotopic (exact) mass is 376 g/mol. The summed E-state index contributed by atoms with van der Waals surface area (Å²) in [4.78, 5) is 0. The Balaban J connectivity index is 2.42. The Kier molecular flexibility index (Phi) is 5.75. The van der Waals surface area contributed by atoms with Crippen molar-refractivity contribution >= 4 is 31.9 Å². The van der Waals surface area contributed by atoms with E-state index in [9.17, 15) is 13.2 Å². The van der Waals surface area contributed by atoms with Gasteiger partial charge >= 0.3 is 6.36 Å². The van der Waals surface area contributed by atoms with E-state index in [1.807, 2.05) is 0 Å². The summed E-state index contributed by atoms with van der Waals surface area (Å²) in [6.07, 6.45) is -4.61. The normalized spacial score (nSPS) is 11.6. The molecule has 0 unspecified atom stereocenters. The number of halogens is 5. The van der Waals surface area contributed by atoms with Crippen LogP contribution in [0.4, 0.5) is 13.2 Å². The summed E-state index contributed by atoms with van der Waals surface area (Å²) in [5.41, 5.74) is 0.958. The van der Waals surface area contributed by atoms with E-state index >= 15 is 0 Å². The maximum absolute atomic E-state index is 11.7. The lowest BCUT2D eigenvalue weighted by atomic mass is 10.2. The van der Waals surface area contributed by atoms with Crippen LogP contribution in [0.5, 0.6) is 5.75 Å². The molecule has 96 valence electrons. The summed E-state index contributed by atoms with van der Waals surface area (Å²) >= 11 is 6.63. The van der Waals surface area contributed by atoms with Gasteiger partial charge in [-0.05, 0) is 23.8 Å². The summed E-state index contributed by atoms with van der Waals surface area (Å²) in [5.74, 6) is 0.508. The molecule has 7 heteroatoms. The molecule has 0 saturated heterocycles. The van der Waals surface area contributed by atoms with Crippen molar-refractivity contribution in [1.82, 2.24) is 0 Å². The van der Waals surface area contributed by atoms with E-state index in [1.54, 1.807) is 18.2 Å². The van der Waals surface area contributed by atoms with Crippen LogP contribution in [0.3, 0.4) is 0 Å². The third-order valence-corrected chi connectivity index (χ3v) is 3.16. The van der Waals surface area contributed by atoms with Crippen molar-refractivity contribution < 1.29 is 22.6 Å². The number of benzene rings is 1. The van der Waals surface area contributed by atoms with Crippen LogP contribution in [0.15, 0.2) is 22.7 Å². The second-order valence-electron chi connectivity index (χ2n) is 3.03. The van der Waals surface area contributed by atoms with Gasteiger partial charge in [0.2, 0.25) is 0 Å². The van der Waals surface area contributed by atoms with E-state index in [0.717, 1.165) is 10.0 Å². The molecule has 0 N–H and O–H groups in total. The van der Waals surface area contributed by atoms with Gasteiger partial charge in [-0.3, -0.25) is 4.74 Å². The lowest BCUT2D eigenvalue weighted by molar-refractivity contribution is -0.325. The van der Waals surface area contributed by atoms with E-state index in [2.05, 4.69) is 36.6 Å². The van der Waals surface area contributed by atoms with Gasteiger partial charge in [0.15, 0.2) is 0 Å². The number of hydrogen-bond donors (Lipinski definition) is 0. The van der Waals surface area contributed by atoms with Crippen LogP contribution >= 0.6 is 31.9 Å². The molecule has 0 aliphatic carbocycles. The lowest BCUT2D eigenvalue weighted by Crippen LogP contribution is -2.18. The third kappa shape index (κ3) is 5.74. The highest BCUT2D eigenvalue weighted by molar-refractivity contribution is 9.10. The van der Waals surface area contributed by atoms with Gasteiger partial charge in [0, 0.05) is 9.80 Å². The van der Waals surface area contributed by atoms with Gasteiger partial charge in [-0.25, -0.2) is 0 Å². The van der Waals surface area contributed by atoms with Crippen LogP contribution < -0.4 is 4.74 Å². The van der Waals surface area contributed by atoms with Crippen molar-refractivity contribution in [1.29, 1.82) is 0 Å². The van der Waals surface area contributed by atoms with Crippen LogP contribution in [0.25, 0.3) is 0 Å². The van der Waals surface area contributed by atoms with E-state index < -0.39 is 13.0 Å². The van der Waals surface area contributed by atoms with Crippen molar-refractivity contribution in [3.63, 3.8) is 0 Å². The van der Waals surface area contributed by atoms with E-state index in [-0.39, 0.29) is 6.61 Å². The van der Waals surface area contributed by atoms with Crippen molar-refractivity contribution in [3.05, 3.63) is 28.2 Å². The Morgan fingerprint density at radius 2 is 1.88 bits per heavy atom. The zero-order valence-electron chi connectivity index (χ0n) is 8.56. The van der Waals surface area contributed by atoms with Gasteiger partial charge in [-0.15, -0.1) is 13.2 Å². The number of ether oxygens (including phenoxy) is 2. The molecule has 1 rings (SSSR count). The van der Waals surface area contributed by atoms with Crippen molar-refractivity contribution in [2.24, 2.45) is 0 Å². The fraction of sp³-hybridized carbons (Fsp3) is 0.400. The molecule has 0 bridgehead atoms. The van der Waals surface area contributed by atoms with Crippen LogP contribution in [-0.4, -0.2) is 19.6 Å². The topological polar surface area (TPSA) is 18.5 Å². The predicted octanol–water partition coefficient (Wildman–Crippen LogP) is 4.26. The molecule has 1 aromatic rings. The molecule has 0 radical (unpaired) electrons. The van der Waals surface area contributed by atoms with Crippen molar-refractivity contribution in [2.45, 2.75) is 11.7 Å². The molecule has 0 heterocycles. The van der Waals surface area contributed by atoms with E-state index in [1.165, 1.54) is 0 Å². The molecular weight excluding hydrogens is 369 g/mol. The van der Waals surface area contributed by atoms with E-state index in [0.29, 0.717) is 11.1 Å². The second-order valence-corrected chi connectivity index (χ2v) is 4.44. The van der Waals surface area contributed by atoms with Gasteiger partial charge in [-0.1, -0.05) is 31.9 Å². The zero-order chi connectivity index (χ0) is 12.9. The van der Waals surface area contributed by atoms with E-state index in [4.69, 9.17) is 4.74 Å². The summed E-state index contributed by atoms with van der Waals surface area (Å²) < 4.78 is 44.6. The summed E-state index contributed by atoms with van der Waals surface area (Å²) in [5, 5.41) is 0.629. The van der Waals surface area contributed by atoms with Crippen molar-refractivity contribution in [2.75, 3.05) is 13.2 Å². The molecule has 0 aliphatic rings. The molecule has 0 saturated carbocycles. The first kappa shape index (κ1) is 14.8. The molecule has 2 nitrogen and oxygen atoms in total. The Morgan fingerprint density at radius 3 is 2.47 bits per heavy atom. The van der Waals surface area contributed by atoms with Crippen LogP contribution in [0, 0.1) is 0 Å². The minimum atomic E-state index is -4.61. The SMILES string of the molecule is FC(F)(F)OCCOc1ccc(Br)c(CBr)c1. The summed E-state index contributed by atoms with van der Waals surface area (Å²) in [6.45, 7) is -0.675. The van der Waals surface area contributed by atoms with Gasteiger partial charge in [0.25, 0.3) is 0 Å². The Bertz CT molecular complexity index is 369. The fourth-order valence-corrected chi connectivity index (χ4v) is 2.29. The van der Waals surface area contributed by atoms with Crippen LogP contribution in [-0.2, 0) is 10.1 Å². The average molecular weight is 378 g/mol. The molecule has 0 aromatic heterocycles. The van der Waals surface area contributed by atoms with Crippen LogP contribution in [0.2, 0.25) is 0 Å². The molecule has 1 aromatic carbocycles. The number of hydrogen-bond acceptors (Lipinski definition) is 2. The summed E-state index contributed by atoms with van der Waals surface area (Å²) in [6, 6.07) is 5.19. The Morgan fingerprint density at radius 1 is 1.18 bits per heavy atom. The molecule has 0 spiro atoms. The maximum atomic E-state index is 11.7. The first-order valence-electron chi connectivity index (χ1n) is 4.60. The first-order chi connectivity index (χ1) is 7.92. The minimum absolute atomic E-state index is 0.150. The third-order valence-electron chi connectivity index (χ3n) is 1.78. The quantitative estimate of drug-likeness (QED) is 0.563. The smallest absolute Gasteiger partial charge is 0.491 e. The molecule has 0 amide bonds. The molecule has 0 aliphatic heterocycles. The maximum Gasteiger partial charge on any atom is 0.522 e. The second kappa shape index (κ2) is 6.61. The molecule has 0 atom stereocenters. The number of rotatable bonds is 5. The number of alkyl halides is 4. The first-order valence-corrected chi connectivity index (χ1v) is 6.51. The van der Waals surface area contributed by atoms with Crippen molar-refractivity contribution in [3.8, 4) is 5.75 Å². The molecule has 17 heavy (non-hydrogen) atoms. The highest BCUT2D eigenvalue weighted by Crippen LogP contribution is 2.24. The largest absolute Gasteiger partial charge is 0.522 e. The van der Waals surface area contributed by atoms with Gasteiger partial charge in [0.05, 0.1) is 6.61 Å². The molecule has 0 fully saturated rings. The van der Waals surface area contributed by atoms with Gasteiger partial charge in [0.1, 0.15) is 12.4 Å². The molecular formula is C10H9Br2F3O2. The highest BCUT2D eigenvalue weighted by atomic mass is 79.9. The standard InChI is InChI=1S/C10H9Br2F3O2/c11-6-7-5-8(1-2-9(7)12)16-3-4-17-10(13,14)15/h1-2,5H,3-4,6H2. The lowest BCUT2D eigenvalue weighted by Gasteiger charge is -2.10. The Hall–Kier alpha value is -0.270. The summed E-state index contributed by atoms with van der Waals surface area (Å²) in [7, 11) is 0. The zero-order valence-corrected chi connectivity index (χ0v) is 11.7. The minimum Gasteiger partial charge on any atom is -0.491 e.